The van der Waals surface area contributed by atoms with Crippen LogP contribution in [0, 0.1) is 13.8 Å². The SMILES string of the molecule is Cc1nn(-c2ccccc2)c(C)c1CNC(=O)c1ccc(N(C)C)cc1. The minimum absolute atomic E-state index is 0.0819. The van der Waals surface area contributed by atoms with Gasteiger partial charge in [-0.15, -0.1) is 0 Å². The summed E-state index contributed by atoms with van der Waals surface area (Å²) in [6.07, 6.45) is 0. The highest BCUT2D eigenvalue weighted by Gasteiger charge is 2.14. The van der Waals surface area contributed by atoms with Gasteiger partial charge < -0.3 is 10.2 Å². The molecule has 1 aromatic heterocycles. The number of para-hydroxylation sites is 1. The summed E-state index contributed by atoms with van der Waals surface area (Å²) in [5.74, 6) is -0.0819. The monoisotopic (exact) mass is 348 g/mol. The summed E-state index contributed by atoms with van der Waals surface area (Å²) < 4.78 is 1.92. The van der Waals surface area contributed by atoms with Gasteiger partial charge in [-0.1, -0.05) is 18.2 Å². The lowest BCUT2D eigenvalue weighted by Crippen LogP contribution is -2.23. The van der Waals surface area contributed by atoms with Gasteiger partial charge in [-0.05, 0) is 50.2 Å². The number of amides is 1. The van der Waals surface area contributed by atoms with Gasteiger partial charge in [-0.2, -0.15) is 5.10 Å². The highest BCUT2D eigenvalue weighted by atomic mass is 16.1. The molecular weight excluding hydrogens is 324 g/mol. The molecule has 0 aliphatic rings. The second-order valence-corrected chi connectivity index (χ2v) is 6.52. The molecule has 0 saturated heterocycles. The average molecular weight is 348 g/mol. The fourth-order valence-electron chi connectivity index (χ4n) is 2.93. The molecule has 0 atom stereocenters. The van der Waals surface area contributed by atoms with Crippen molar-refractivity contribution in [2.45, 2.75) is 20.4 Å². The third-order valence-electron chi connectivity index (χ3n) is 4.51. The van der Waals surface area contributed by atoms with Gasteiger partial charge in [0.05, 0.1) is 11.4 Å². The highest BCUT2D eigenvalue weighted by Crippen LogP contribution is 2.18. The van der Waals surface area contributed by atoms with Crippen LogP contribution in [0.5, 0.6) is 0 Å². The Bertz CT molecular complexity index is 896. The fraction of sp³-hybridized carbons (Fsp3) is 0.238. The molecular formula is C21H24N4O. The molecule has 0 fully saturated rings. The first-order valence-corrected chi connectivity index (χ1v) is 8.63. The van der Waals surface area contributed by atoms with E-state index in [4.69, 9.17) is 0 Å². The van der Waals surface area contributed by atoms with Crippen molar-refractivity contribution in [3.8, 4) is 5.69 Å². The third kappa shape index (κ3) is 3.61. The lowest BCUT2D eigenvalue weighted by Gasteiger charge is -2.12. The van der Waals surface area contributed by atoms with Crippen LogP contribution in [0.15, 0.2) is 54.6 Å². The topological polar surface area (TPSA) is 50.2 Å². The molecule has 0 radical (unpaired) electrons. The van der Waals surface area contributed by atoms with Crippen molar-refractivity contribution in [2.75, 3.05) is 19.0 Å². The molecule has 0 unspecified atom stereocenters. The summed E-state index contributed by atoms with van der Waals surface area (Å²) in [6.45, 7) is 4.46. The number of nitrogens with zero attached hydrogens (tertiary/aromatic N) is 3. The minimum Gasteiger partial charge on any atom is -0.378 e. The van der Waals surface area contributed by atoms with E-state index in [0.717, 1.165) is 28.3 Å². The van der Waals surface area contributed by atoms with Crippen LogP contribution in [0.4, 0.5) is 5.69 Å². The second-order valence-electron chi connectivity index (χ2n) is 6.52. The normalized spacial score (nSPS) is 10.6. The first kappa shape index (κ1) is 17.7. The molecule has 1 N–H and O–H groups in total. The number of hydrogen-bond donors (Lipinski definition) is 1. The first-order valence-electron chi connectivity index (χ1n) is 8.63. The number of aromatic nitrogens is 2. The van der Waals surface area contributed by atoms with Crippen molar-refractivity contribution in [1.29, 1.82) is 0 Å². The maximum Gasteiger partial charge on any atom is 0.251 e. The maximum absolute atomic E-state index is 12.4. The summed E-state index contributed by atoms with van der Waals surface area (Å²) >= 11 is 0. The summed E-state index contributed by atoms with van der Waals surface area (Å²) in [6, 6.07) is 17.6. The Morgan fingerprint density at radius 3 is 2.31 bits per heavy atom. The van der Waals surface area contributed by atoms with Gasteiger partial charge in [0.25, 0.3) is 5.91 Å². The molecule has 1 heterocycles. The van der Waals surface area contributed by atoms with E-state index in [-0.39, 0.29) is 5.91 Å². The average Bonchev–Trinajstić information content (AvgIpc) is 2.94. The number of nitrogens with one attached hydrogen (secondary N) is 1. The number of aryl methyl sites for hydroxylation is 1. The van der Waals surface area contributed by atoms with Crippen molar-refractivity contribution in [3.63, 3.8) is 0 Å². The van der Waals surface area contributed by atoms with E-state index in [2.05, 4.69) is 10.4 Å². The van der Waals surface area contributed by atoms with Gasteiger partial charge in [0.15, 0.2) is 0 Å². The Hall–Kier alpha value is -3.08. The maximum atomic E-state index is 12.4. The predicted molar refractivity (Wildman–Crippen MR) is 105 cm³/mol. The minimum atomic E-state index is -0.0819. The summed E-state index contributed by atoms with van der Waals surface area (Å²) in [4.78, 5) is 14.5. The summed E-state index contributed by atoms with van der Waals surface area (Å²) in [7, 11) is 3.95. The van der Waals surface area contributed by atoms with Crippen molar-refractivity contribution >= 4 is 11.6 Å². The van der Waals surface area contributed by atoms with E-state index in [9.17, 15) is 4.79 Å². The molecule has 3 rings (SSSR count). The molecule has 5 nitrogen and oxygen atoms in total. The highest BCUT2D eigenvalue weighted by molar-refractivity contribution is 5.94. The molecule has 0 saturated carbocycles. The third-order valence-corrected chi connectivity index (χ3v) is 4.51. The Labute approximate surface area is 154 Å². The van der Waals surface area contributed by atoms with Crippen LogP contribution in [-0.4, -0.2) is 29.8 Å². The molecule has 0 aliphatic carbocycles. The number of benzene rings is 2. The molecule has 5 heteroatoms. The molecule has 0 aliphatic heterocycles. The lowest BCUT2D eigenvalue weighted by molar-refractivity contribution is 0.0951. The van der Waals surface area contributed by atoms with Gasteiger partial charge in [-0.25, -0.2) is 4.68 Å². The molecule has 0 bridgehead atoms. The Morgan fingerprint density at radius 2 is 1.69 bits per heavy atom. The molecule has 0 spiro atoms. The van der Waals surface area contributed by atoms with Gasteiger partial charge in [0.2, 0.25) is 0 Å². The lowest BCUT2D eigenvalue weighted by atomic mass is 10.1. The standard InChI is InChI=1S/C21H24N4O/c1-15-20(16(2)25(23-15)19-8-6-5-7-9-19)14-22-21(26)17-10-12-18(13-11-17)24(3)4/h5-13H,14H2,1-4H3,(H,22,26). The smallest absolute Gasteiger partial charge is 0.251 e. The van der Waals surface area contributed by atoms with Crippen molar-refractivity contribution in [1.82, 2.24) is 15.1 Å². The van der Waals surface area contributed by atoms with Crippen LogP contribution in [0.25, 0.3) is 5.69 Å². The molecule has 26 heavy (non-hydrogen) atoms. The Kier molecular flexibility index (Phi) is 5.07. The van der Waals surface area contributed by atoms with Crippen LogP contribution in [0.2, 0.25) is 0 Å². The summed E-state index contributed by atoms with van der Waals surface area (Å²) in [5.41, 5.74) is 5.75. The zero-order valence-electron chi connectivity index (χ0n) is 15.7. The van der Waals surface area contributed by atoms with Crippen molar-refractivity contribution in [2.24, 2.45) is 0 Å². The Balaban J connectivity index is 1.73. The number of hydrogen-bond acceptors (Lipinski definition) is 3. The zero-order chi connectivity index (χ0) is 18.7. The Morgan fingerprint density at radius 1 is 1.04 bits per heavy atom. The molecule has 2 aromatic carbocycles. The number of anilines is 1. The molecule has 3 aromatic rings. The van der Waals surface area contributed by atoms with E-state index < -0.39 is 0 Å². The number of carbonyl (C=O) groups excluding carboxylic acids is 1. The molecule has 1 amide bonds. The largest absolute Gasteiger partial charge is 0.378 e. The van der Waals surface area contributed by atoms with Gasteiger partial charge in [0.1, 0.15) is 0 Å². The van der Waals surface area contributed by atoms with Gasteiger partial charge in [0, 0.05) is 43.1 Å². The van der Waals surface area contributed by atoms with Gasteiger partial charge in [-0.3, -0.25) is 4.79 Å². The number of rotatable bonds is 5. The van der Waals surface area contributed by atoms with Crippen molar-refractivity contribution < 1.29 is 4.79 Å². The fourth-order valence-corrected chi connectivity index (χ4v) is 2.93. The van der Waals surface area contributed by atoms with Crippen LogP contribution in [0.1, 0.15) is 27.3 Å². The van der Waals surface area contributed by atoms with Crippen LogP contribution in [-0.2, 0) is 6.54 Å². The van der Waals surface area contributed by atoms with Crippen LogP contribution in [0.3, 0.4) is 0 Å². The van der Waals surface area contributed by atoms with Crippen molar-refractivity contribution in [3.05, 3.63) is 77.1 Å². The van der Waals surface area contributed by atoms with Gasteiger partial charge >= 0.3 is 0 Å². The van der Waals surface area contributed by atoms with E-state index >= 15 is 0 Å². The van der Waals surface area contributed by atoms with E-state index in [1.165, 1.54) is 0 Å². The molecule has 134 valence electrons. The van der Waals surface area contributed by atoms with Crippen LogP contribution >= 0.6 is 0 Å². The zero-order valence-corrected chi connectivity index (χ0v) is 15.7. The summed E-state index contributed by atoms with van der Waals surface area (Å²) in [5, 5.41) is 7.63. The van der Waals surface area contributed by atoms with E-state index in [0.29, 0.717) is 12.1 Å². The first-order chi connectivity index (χ1) is 12.5. The quantitative estimate of drug-likeness (QED) is 0.768. The predicted octanol–water partition coefficient (Wildman–Crippen LogP) is 3.49. The van der Waals surface area contributed by atoms with E-state index in [1.54, 1.807) is 0 Å². The number of carbonyl (C=O) groups is 1. The second kappa shape index (κ2) is 7.44. The van der Waals surface area contributed by atoms with Crippen LogP contribution < -0.4 is 10.2 Å². The van der Waals surface area contributed by atoms with E-state index in [1.807, 2.05) is 92.1 Å².